The van der Waals surface area contributed by atoms with Crippen molar-refractivity contribution in [3.8, 4) is 0 Å². The minimum atomic E-state index is -1.58. The number of fused-ring (bicyclic) bond motifs is 5. The van der Waals surface area contributed by atoms with Crippen molar-refractivity contribution in [1.29, 1.82) is 0 Å². The van der Waals surface area contributed by atoms with Gasteiger partial charge in [-0.1, -0.05) is 26.0 Å². The van der Waals surface area contributed by atoms with Gasteiger partial charge in [-0.3, -0.25) is 4.79 Å². The molecule has 4 saturated heterocycles. The summed E-state index contributed by atoms with van der Waals surface area (Å²) in [5.41, 5.74) is -1.51. The van der Waals surface area contributed by atoms with E-state index in [-0.39, 0.29) is 29.8 Å². The Morgan fingerprint density at radius 2 is 1.32 bits per heavy atom. The lowest BCUT2D eigenvalue weighted by molar-refractivity contribution is -0.348. The molecule has 0 aromatic carbocycles. The summed E-state index contributed by atoms with van der Waals surface area (Å²) in [6.07, 6.45) is -5.45. The van der Waals surface area contributed by atoms with E-state index in [1.807, 2.05) is 13.8 Å². The number of hydrogen-bond donors (Lipinski definition) is 6. The molecule has 0 bridgehead atoms. The topological polar surface area (TPSA) is 249 Å². The molecule has 3 saturated carbocycles. The SMILES string of the molecule is COC1CC(OC2C(C)OC(OC3CCC4(C)C(C=CC5C4CCC4(C)C5CCC4(O)C(C)OC4CC(OC)C(OC5OC(CO)C(O)C(O)C5O)C(C)O4)C3)C(O)C2OC)OC(C)C1OC(C)=O. The molecule has 27 unspecified atom stereocenters. The van der Waals surface area contributed by atoms with Crippen LogP contribution in [0.25, 0.3) is 0 Å². The van der Waals surface area contributed by atoms with E-state index >= 15 is 0 Å². The van der Waals surface area contributed by atoms with Crippen LogP contribution >= 0.6 is 0 Å². The fourth-order valence-electron chi connectivity index (χ4n) is 14.2. The maximum atomic E-state index is 12.8. The third-order valence-corrected chi connectivity index (χ3v) is 18.3. The Kier molecular flexibility index (Phi) is 16.7. The van der Waals surface area contributed by atoms with Crippen molar-refractivity contribution < 1.29 is 92.3 Å². The molecule has 0 amide bonds. The highest BCUT2D eigenvalue weighted by molar-refractivity contribution is 5.66. The van der Waals surface area contributed by atoms with E-state index in [0.717, 1.165) is 38.5 Å². The van der Waals surface area contributed by atoms with Crippen molar-refractivity contribution >= 4 is 5.97 Å². The Morgan fingerprint density at radius 1 is 0.681 bits per heavy atom. The van der Waals surface area contributed by atoms with Crippen LogP contribution in [0.3, 0.4) is 0 Å². The van der Waals surface area contributed by atoms with Gasteiger partial charge in [0.15, 0.2) is 31.3 Å². The van der Waals surface area contributed by atoms with Gasteiger partial charge < -0.3 is 87.5 Å². The van der Waals surface area contributed by atoms with Crippen molar-refractivity contribution in [2.45, 2.75) is 235 Å². The molecule has 0 aromatic heterocycles. The molecule has 4 heterocycles. The summed E-state index contributed by atoms with van der Waals surface area (Å²) in [4.78, 5) is 11.7. The number of aliphatic hydroxyl groups excluding tert-OH is 5. The summed E-state index contributed by atoms with van der Waals surface area (Å²) >= 11 is 0. The molecule has 0 spiro atoms. The quantitative estimate of drug-likeness (QED) is 0.108. The highest BCUT2D eigenvalue weighted by Crippen LogP contribution is 2.68. The van der Waals surface area contributed by atoms with Crippen LogP contribution in [-0.2, 0) is 61.6 Å². The summed E-state index contributed by atoms with van der Waals surface area (Å²) in [6.45, 7) is 12.9. The highest BCUT2D eigenvalue weighted by Gasteiger charge is 2.66. The molecule has 8 aliphatic rings. The molecular formula is C50H82O19. The van der Waals surface area contributed by atoms with Gasteiger partial charge in [0.25, 0.3) is 0 Å². The monoisotopic (exact) mass is 987 g/mol. The first-order valence-electron chi connectivity index (χ1n) is 25.4. The first-order chi connectivity index (χ1) is 32.7. The highest BCUT2D eigenvalue weighted by atomic mass is 16.8. The van der Waals surface area contributed by atoms with Crippen molar-refractivity contribution in [1.82, 2.24) is 0 Å². The van der Waals surface area contributed by atoms with Crippen LogP contribution in [0.1, 0.15) is 106 Å². The molecule has 7 fully saturated rings. The largest absolute Gasteiger partial charge is 0.457 e. The van der Waals surface area contributed by atoms with Gasteiger partial charge in [0.05, 0.1) is 48.8 Å². The van der Waals surface area contributed by atoms with E-state index in [0.29, 0.717) is 24.7 Å². The number of allylic oxidation sites excluding steroid dienone is 2. The Labute approximate surface area is 406 Å². The number of carbonyl (C=O) groups excluding carboxylic acids is 1. The lowest BCUT2D eigenvalue weighted by atomic mass is 9.46. The zero-order chi connectivity index (χ0) is 49.9. The molecule has 396 valence electrons. The summed E-state index contributed by atoms with van der Waals surface area (Å²) in [6, 6.07) is 0. The first kappa shape index (κ1) is 53.8. The fourth-order valence-corrected chi connectivity index (χ4v) is 14.2. The number of ether oxygens (including phenoxy) is 12. The van der Waals surface area contributed by atoms with Crippen LogP contribution in [0.15, 0.2) is 12.2 Å². The summed E-state index contributed by atoms with van der Waals surface area (Å²) < 4.78 is 73.0. The zero-order valence-corrected chi connectivity index (χ0v) is 42.1. The Hall–Kier alpha value is -1.47. The van der Waals surface area contributed by atoms with Gasteiger partial charge in [-0.05, 0) is 102 Å². The van der Waals surface area contributed by atoms with Crippen LogP contribution in [0.4, 0.5) is 0 Å². The van der Waals surface area contributed by atoms with Gasteiger partial charge in [0.2, 0.25) is 0 Å². The molecule has 6 N–H and O–H groups in total. The zero-order valence-electron chi connectivity index (χ0n) is 42.1. The maximum Gasteiger partial charge on any atom is 0.303 e. The van der Waals surface area contributed by atoms with Crippen molar-refractivity contribution in [2.75, 3.05) is 27.9 Å². The molecule has 4 aliphatic carbocycles. The average Bonchev–Trinajstić information content (AvgIpc) is 3.60. The molecule has 27 atom stereocenters. The standard InChI is InChI=1S/C50H82O19/c1-23-42(65-27(5)52)33(58-8)21-37(62-23)68-44-25(3)63-47(41(56)45(44)60-10)66-29-13-16-48(6)28(19-29)11-12-30-31(48)14-17-49(7)32(30)15-18-50(49,57)26(4)64-36-20-34(59-9)43(24(2)61-36)69-46-40(55)39(54)38(53)35(22-51)67-46/h11-12,23-26,28-47,51,53-57H,13-22H2,1-10H3. The molecular weight excluding hydrogens is 905 g/mol. The van der Waals surface area contributed by atoms with Crippen LogP contribution in [-0.4, -0.2) is 193 Å². The van der Waals surface area contributed by atoms with Gasteiger partial charge in [0.1, 0.15) is 54.9 Å². The average molecular weight is 987 g/mol. The predicted octanol–water partition coefficient (Wildman–Crippen LogP) is 2.25. The number of aliphatic hydroxyl groups is 6. The maximum absolute atomic E-state index is 12.8. The lowest BCUT2D eigenvalue weighted by Crippen LogP contribution is -2.62. The fraction of sp³-hybridized carbons (Fsp3) is 0.940. The normalized spacial score (nSPS) is 52.6. The molecule has 0 radical (unpaired) electrons. The van der Waals surface area contributed by atoms with Gasteiger partial charge in [0, 0.05) is 46.5 Å². The number of methoxy groups -OCH3 is 3. The van der Waals surface area contributed by atoms with Crippen LogP contribution in [0.2, 0.25) is 0 Å². The summed E-state index contributed by atoms with van der Waals surface area (Å²) in [5.74, 6) is 0.809. The van der Waals surface area contributed by atoms with Gasteiger partial charge in [-0.25, -0.2) is 0 Å². The van der Waals surface area contributed by atoms with E-state index in [1.165, 1.54) is 14.0 Å². The lowest BCUT2D eigenvalue weighted by Gasteiger charge is -2.60. The van der Waals surface area contributed by atoms with Crippen LogP contribution < -0.4 is 0 Å². The van der Waals surface area contributed by atoms with Crippen LogP contribution in [0, 0.1) is 34.5 Å². The van der Waals surface area contributed by atoms with E-state index in [1.54, 1.807) is 28.1 Å². The Morgan fingerprint density at radius 3 is 2.00 bits per heavy atom. The van der Waals surface area contributed by atoms with Crippen LogP contribution in [0.5, 0.6) is 0 Å². The third kappa shape index (κ3) is 9.99. The van der Waals surface area contributed by atoms with Crippen molar-refractivity contribution in [3.63, 3.8) is 0 Å². The molecule has 19 nitrogen and oxygen atoms in total. The second-order valence-corrected chi connectivity index (χ2v) is 22.0. The second kappa shape index (κ2) is 21.4. The van der Waals surface area contributed by atoms with Gasteiger partial charge in [-0.15, -0.1) is 0 Å². The Bertz CT molecular complexity index is 1760. The Balaban J connectivity index is 0.864. The minimum absolute atomic E-state index is 0.0257. The van der Waals surface area contributed by atoms with Gasteiger partial charge in [-0.2, -0.15) is 0 Å². The molecule has 8 rings (SSSR count). The second-order valence-electron chi connectivity index (χ2n) is 22.0. The van der Waals surface area contributed by atoms with E-state index in [4.69, 9.17) is 56.8 Å². The first-order valence-corrected chi connectivity index (χ1v) is 25.4. The number of hydrogen-bond acceptors (Lipinski definition) is 19. The smallest absolute Gasteiger partial charge is 0.303 e. The van der Waals surface area contributed by atoms with E-state index in [9.17, 15) is 35.4 Å². The van der Waals surface area contributed by atoms with E-state index < -0.39 is 140 Å². The summed E-state index contributed by atoms with van der Waals surface area (Å²) in [5, 5.41) is 65.3. The third-order valence-electron chi connectivity index (χ3n) is 18.3. The van der Waals surface area contributed by atoms with Gasteiger partial charge >= 0.3 is 5.97 Å². The number of carbonyl (C=O) groups is 1. The summed E-state index contributed by atoms with van der Waals surface area (Å²) in [7, 11) is 4.64. The minimum Gasteiger partial charge on any atom is -0.457 e. The number of rotatable bonds is 14. The molecule has 4 aliphatic heterocycles. The molecule has 69 heavy (non-hydrogen) atoms. The van der Waals surface area contributed by atoms with Crippen molar-refractivity contribution in [3.05, 3.63) is 12.2 Å². The number of esters is 1. The van der Waals surface area contributed by atoms with E-state index in [2.05, 4.69) is 26.0 Å². The molecule has 19 heteroatoms. The predicted molar refractivity (Wildman–Crippen MR) is 242 cm³/mol. The molecule has 0 aromatic rings. The van der Waals surface area contributed by atoms with Crippen molar-refractivity contribution in [2.24, 2.45) is 34.5 Å².